The van der Waals surface area contributed by atoms with E-state index in [2.05, 4.69) is 31.2 Å². The normalized spacial score (nSPS) is 15.4. The largest absolute Gasteiger partial charge is 0.0792 e. The molecule has 1 aromatic carbocycles. The van der Waals surface area contributed by atoms with Crippen LogP contribution in [0.4, 0.5) is 0 Å². The Morgan fingerprint density at radius 1 is 1.25 bits per heavy atom. The maximum Gasteiger partial charge on any atom is 0.0478 e. The average molecular weight is 174 g/mol. The summed E-state index contributed by atoms with van der Waals surface area (Å²) in [6, 6.07) is 8.36. The molecule has 1 aromatic rings. The molecule has 12 heavy (non-hydrogen) atoms. The lowest BCUT2D eigenvalue weighted by Gasteiger charge is -2.14. The van der Waals surface area contributed by atoms with Crippen LogP contribution < -0.4 is 0 Å². The van der Waals surface area contributed by atoms with Gasteiger partial charge in [-0.25, -0.2) is 0 Å². The molecule has 0 N–H and O–H groups in total. The van der Waals surface area contributed by atoms with Crippen molar-refractivity contribution in [2.24, 2.45) is 0 Å². The maximum absolute atomic E-state index is 5.31. The van der Waals surface area contributed by atoms with Crippen LogP contribution in [-0.2, 0) is 6.42 Å². The van der Waals surface area contributed by atoms with Gasteiger partial charge in [0.1, 0.15) is 0 Å². The average Bonchev–Trinajstić information content (AvgIpc) is 2.12. The molecule has 0 atom stereocenters. The van der Waals surface area contributed by atoms with Crippen LogP contribution in [0.1, 0.15) is 18.1 Å². The van der Waals surface area contributed by atoms with Gasteiger partial charge in [-0.2, -0.15) is 0 Å². The van der Waals surface area contributed by atoms with Gasteiger partial charge in [-0.1, -0.05) is 42.6 Å². The van der Waals surface area contributed by atoms with E-state index < -0.39 is 0 Å². The van der Waals surface area contributed by atoms with Gasteiger partial charge in [0, 0.05) is 4.86 Å². The highest BCUT2D eigenvalue weighted by Gasteiger charge is 2.11. The van der Waals surface area contributed by atoms with Crippen molar-refractivity contribution >= 4 is 17.1 Å². The fourth-order valence-electron chi connectivity index (χ4n) is 1.49. The first-order chi connectivity index (χ1) is 5.79. The molecule has 1 heteroatoms. The van der Waals surface area contributed by atoms with E-state index in [1.807, 2.05) is 6.07 Å². The second-order valence-corrected chi connectivity index (χ2v) is 3.49. The van der Waals surface area contributed by atoms with Crippen molar-refractivity contribution in [3.05, 3.63) is 47.0 Å². The molecular weight excluding hydrogens is 164 g/mol. The zero-order valence-corrected chi connectivity index (χ0v) is 7.82. The molecule has 0 unspecified atom stereocenters. The molecule has 0 spiro atoms. The van der Waals surface area contributed by atoms with Crippen LogP contribution in [0.15, 0.2) is 35.9 Å². The summed E-state index contributed by atoms with van der Waals surface area (Å²) in [5.41, 5.74) is 3.84. The molecule has 0 radical (unpaired) electrons. The highest BCUT2D eigenvalue weighted by molar-refractivity contribution is 7.81. The second-order valence-electron chi connectivity index (χ2n) is 3.08. The van der Waals surface area contributed by atoms with Gasteiger partial charge in [-0.15, -0.1) is 0 Å². The summed E-state index contributed by atoms with van der Waals surface area (Å²) in [6.45, 7) is 2.08. The van der Waals surface area contributed by atoms with Gasteiger partial charge in [-0.3, -0.25) is 0 Å². The number of allylic oxidation sites excluding steroid dienone is 2. The Balaban J connectivity index is 2.57. The van der Waals surface area contributed by atoms with Crippen LogP contribution in [0.3, 0.4) is 0 Å². The first kappa shape index (κ1) is 7.69. The van der Waals surface area contributed by atoms with Gasteiger partial charge in [0.05, 0.1) is 0 Å². The molecule has 1 aliphatic carbocycles. The SMILES string of the molecule is CC1=CCc2ccccc2C1=S. The van der Waals surface area contributed by atoms with Crippen molar-refractivity contribution in [2.75, 3.05) is 0 Å². The van der Waals surface area contributed by atoms with Gasteiger partial charge < -0.3 is 0 Å². The Morgan fingerprint density at radius 2 is 2.00 bits per heavy atom. The van der Waals surface area contributed by atoms with E-state index in [-0.39, 0.29) is 0 Å². The third-order valence-corrected chi connectivity index (χ3v) is 2.79. The molecule has 0 nitrogen and oxygen atoms in total. The van der Waals surface area contributed by atoms with Crippen molar-refractivity contribution in [1.29, 1.82) is 0 Å². The Kier molecular flexibility index (Phi) is 1.81. The highest BCUT2D eigenvalue weighted by Crippen LogP contribution is 2.20. The summed E-state index contributed by atoms with van der Waals surface area (Å²) in [5.74, 6) is 0. The van der Waals surface area contributed by atoms with Crippen molar-refractivity contribution < 1.29 is 0 Å². The van der Waals surface area contributed by atoms with Crippen LogP contribution in [0.2, 0.25) is 0 Å². The molecule has 60 valence electrons. The third-order valence-electron chi connectivity index (χ3n) is 2.25. The minimum Gasteiger partial charge on any atom is -0.0792 e. The molecule has 0 heterocycles. The topological polar surface area (TPSA) is 0 Å². The van der Waals surface area contributed by atoms with Gasteiger partial charge in [-0.05, 0) is 30.0 Å². The van der Waals surface area contributed by atoms with Gasteiger partial charge in [0.15, 0.2) is 0 Å². The first-order valence-corrected chi connectivity index (χ1v) is 4.49. The van der Waals surface area contributed by atoms with Crippen molar-refractivity contribution in [2.45, 2.75) is 13.3 Å². The molecule has 0 fully saturated rings. The molecular formula is C11H10S. The molecule has 0 aliphatic heterocycles. The minimum atomic E-state index is 1.01. The Hall–Kier alpha value is -0.950. The smallest absolute Gasteiger partial charge is 0.0478 e. The number of thiocarbonyl (C=S) groups is 1. The minimum absolute atomic E-state index is 1.01. The van der Waals surface area contributed by atoms with Crippen molar-refractivity contribution in [3.63, 3.8) is 0 Å². The van der Waals surface area contributed by atoms with Crippen LogP contribution in [0.5, 0.6) is 0 Å². The third kappa shape index (κ3) is 1.10. The number of hydrogen-bond acceptors (Lipinski definition) is 1. The predicted molar refractivity (Wildman–Crippen MR) is 55.6 cm³/mol. The predicted octanol–water partition coefficient (Wildman–Crippen LogP) is 2.91. The van der Waals surface area contributed by atoms with E-state index in [1.165, 1.54) is 16.7 Å². The lowest BCUT2D eigenvalue weighted by molar-refractivity contribution is 1.21. The van der Waals surface area contributed by atoms with Crippen LogP contribution in [0, 0.1) is 0 Å². The van der Waals surface area contributed by atoms with E-state index in [4.69, 9.17) is 12.2 Å². The first-order valence-electron chi connectivity index (χ1n) is 4.08. The molecule has 0 amide bonds. The van der Waals surface area contributed by atoms with E-state index in [9.17, 15) is 0 Å². The second kappa shape index (κ2) is 2.83. The fraction of sp³-hybridized carbons (Fsp3) is 0.182. The lowest BCUT2D eigenvalue weighted by atomic mass is 9.92. The standard InChI is InChI=1S/C11H10S/c1-8-6-7-9-4-2-3-5-10(9)11(8)12/h2-6H,7H2,1H3. The van der Waals surface area contributed by atoms with E-state index in [0.29, 0.717) is 0 Å². The van der Waals surface area contributed by atoms with Gasteiger partial charge in [0.25, 0.3) is 0 Å². The highest BCUT2D eigenvalue weighted by atomic mass is 32.1. The van der Waals surface area contributed by atoms with Crippen molar-refractivity contribution in [3.8, 4) is 0 Å². The number of fused-ring (bicyclic) bond motifs is 1. The summed E-state index contributed by atoms with van der Waals surface area (Å²) in [4.78, 5) is 1.01. The molecule has 1 aliphatic rings. The number of rotatable bonds is 0. The molecule has 0 aromatic heterocycles. The van der Waals surface area contributed by atoms with Gasteiger partial charge >= 0.3 is 0 Å². The molecule has 0 saturated heterocycles. The van der Waals surface area contributed by atoms with Crippen molar-refractivity contribution in [1.82, 2.24) is 0 Å². The van der Waals surface area contributed by atoms with Crippen LogP contribution in [0.25, 0.3) is 0 Å². The van der Waals surface area contributed by atoms with E-state index in [0.717, 1.165) is 11.3 Å². The quantitative estimate of drug-likeness (QED) is 0.545. The fourth-order valence-corrected chi connectivity index (χ4v) is 1.77. The monoisotopic (exact) mass is 174 g/mol. The number of hydrogen-bond donors (Lipinski definition) is 0. The zero-order chi connectivity index (χ0) is 8.55. The Bertz CT molecular complexity index is 361. The van der Waals surface area contributed by atoms with Gasteiger partial charge in [0.2, 0.25) is 0 Å². The molecule has 0 bridgehead atoms. The Labute approximate surface area is 77.9 Å². The summed E-state index contributed by atoms with van der Waals surface area (Å²) in [5, 5.41) is 0. The van der Waals surface area contributed by atoms with Crippen LogP contribution in [-0.4, -0.2) is 4.86 Å². The summed E-state index contributed by atoms with van der Waals surface area (Å²) in [7, 11) is 0. The van der Waals surface area contributed by atoms with E-state index >= 15 is 0 Å². The molecule has 0 saturated carbocycles. The summed E-state index contributed by atoms with van der Waals surface area (Å²) < 4.78 is 0. The van der Waals surface area contributed by atoms with Crippen LogP contribution >= 0.6 is 12.2 Å². The Morgan fingerprint density at radius 3 is 2.83 bits per heavy atom. The summed E-state index contributed by atoms with van der Waals surface area (Å²) in [6.07, 6.45) is 3.23. The molecule has 2 rings (SSSR count). The number of benzene rings is 1. The van der Waals surface area contributed by atoms with E-state index in [1.54, 1.807) is 0 Å². The maximum atomic E-state index is 5.31. The summed E-state index contributed by atoms with van der Waals surface area (Å²) >= 11 is 5.31. The lowest BCUT2D eigenvalue weighted by Crippen LogP contribution is -2.08. The zero-order valence-electron chi connectivity index (χ0n) is 7.00.